The van der Waals surface area contributed by atoms with Crippen LogP contribution in [0.2, 0.25) is 0 Å². The van der Waals surface area contributed by atoms with Crippen LogP contribution in [0.15, 0.2) is 42.5 Å². The molecule has 5 heteroatoms. The van der Waals surface area contributed by atoms with Gasteiger partial charge in [0, 0.05) is 24.0 Å². The summed E-state index contributed by atoms with van der Waals surface area (Å²) in [6.07, 6.45) is 1.67. The van der Waals surface area contributed by atoms with E-state index in [1.807, 2.05) is 30.0 Å². The molecule has 3 aromatic rings. The van der Waals surface area contributed by atoms with Crippen LogP contribution in [0.1, 0.15) is 40.0 Å². The number of methoxy groups -OCH3 is 1. The number of aryl methyl sites for hydroxylation is 1. The van der Waals surface area contributed by atoms with Crippen molar-refractivity contribution in [1.82, 2.24) is 9.88 Å². The van der Waals surface area contributed by atoms with Gasteiger partial charge in [-0.25, -0.2) is 0 Å². The van der Waals surface area contributed by atoms with Gasteiger partial charge in [-0.15, -0.1) is 0 Å². The van der Waals surface area contributed by atoms with Crippen molar-refractivity contribution in [2.45, 2.75) is 32.0 Å². The third-order valence-electron chi connectivity index (χ3n) is 6.35. The van der Waals surface area contributed by atoms with E-state index in [0.717, 1.165) is 35.1 Å². The summed E-state index contributed by atoms with van der Waals surface area (Å²) in [5, 5.41) is 1.03. The molecule has 2 aromatic carbocycles. The van der Waals surface area contributed by atoms with E-state index in [1.165, 1.54) is 11.1 Å². The number of ether oxygens (including phenoxy) is 2. The molecule has 0 saturated carbocycles. The van der Waals surface area contributed by atoms with Gasteiger partial charge in [-0.1, -0.05) is 24.3 Å². The van der Waals surface area contributed by atoms with E-state index in [1.54, 1.807) is 7.11 Å². The average Bonchev–Trinajstić information content (AvgIpc) is 3.26. The van der Waals surface area contributed by atoms with Crippen molar-refractivity contribution in [3.05, 3.63) is 64.8 Å². The van der Waals surface area contributed by atoms with E-state index in [2.05, 4.69) is 29.2 Å². The average molecular weight is 376 g/mol. The monoisotopic (exact) mass is 376 g/mol. The molecule has 144 valence electrons. The fourth-order valence-electron chi connectivity index (χ4n) is 4.67. The highest BCUT2D eigenvalue weighted by atomic mass is 16.5. The Kier molecular flexibility index (Phi) is 3.95. The van der Waals surface area contributed by atoms with Crippen molar-refractivity contribution in [3.8, 4) is 5.75 Å². The first-order chi connectivity index (χ1) is 13.6. The van der Waals surface area contributed by atoms with Gasteiger partial charge in [0.15, 0.2) is 0 Å². The predicted octanol–water partition coefficient (Wildman–Crippen LogP) is 4.15. The number of H-pyrrole nitrogens is 1. The molecule has 2 aliphatic heterocycles. The number of fused-ring (bicyclic) bond motifs is 3. The van der Waals surface area contributed by atoms with Gasteiger partial charge in [0.2, 0.25) is 0 Å². The van der Waals surface area contributed by atoms with Crippen LogP contribution in [0.3, 0.4) is 0 Å². The molecule has 1 N–H and O–H groups in total. The summed E-state index contributed by atoms with van der Waals surface area (Å²) in [7, 11) is 1.65. The SMILES string of the molecule is COc1ccc2[nH]c(C(=O)N3CCC4(CC3)OCc3ccccc34)c(C)c2c1. The van der Waals surface area contributed by atoms with Gasteiger partial charge in [0.25, 0.3) is 5.91 Å². The first kappa shape index (κ1) is 17.3. The third-order valence-corrected chi connectivity index (χ3v) is 6.35. The molecule has 1 aromatic heterocycles. The summed E-state index contributed by atoms with van der Waals surface area (Å²) in [6.45, 7) is 4.07. The maximum absolute atomic E-state index is 13.2. The Morgan fingerprint density at radius 1 is 1.18 bits per heavy atom. The molecular formula is C23H24N2O3. The number of rotatable bonds is 2. The smallest absolute Gasteiger partial charge is 0.270 e. The predicted molar refractivity (Wildman–Crippen MR) is 108 cm³/mol. The highest BCUT2D eigenvalue weighted by Gasteiger charge is 2.43. The number of piperidine rings is 1. The lowest BCUT2D eigenvalue weighted by Crippen LogP contribution is -2.45. The van der Waals surface area contributed by atoms with Crippen LogP contribution in [0.4, 0.5) is 0 Å². The molecular weight excluding hydrogens is 352 g/mol. The zero-order chi connectivity index (χ0) is 19.3. The summed E-state index contributed by atoms with van der Waals surface area (Å²) < 4.78 is 11.5. The fraction of sp³-hybridized carbons (Fsp3) is 0.348. The molecule has 1 fully saturated rings. The van der Waals surface area contributed by atoms with Gasteiger partial charge in [-0.05, 0) is 54.7 Å². The molecule has 1 saturated heterocycles. The number of carbonyl (C=O) groups excluding carboxylic acids is 1. The van der Waals surface area contributed by atoms with Gasteiger partial charge in [0.05, 0.1) is 19.3 Å². The first-order valence-corrected chi connectivity index (χ1v) is 9.79. The normalized spacial score (nSPS) is 17.9. The molecule has 0 aliphatic carbocycles. The Balaban J connectivity index is 1.38. The number of likely N-dealkylation sites (tertiary alicyclic amines) is 1. The molecule has 0 bridgehead atoms. The van der Waals surface area contributed by atoms with E-state index >= 15 is 0 Å². The Labute approximate surface area is 164 Å². The number of carbonyl (C=O) groups is 1. The summed E-state index contributed by atoms with van der Waals surface area (Å²) >= 11 is 0. The fourth-order valence-corrected chi connectivity index (χ4v) is 4.67. The third kappa shape index (κ3) is 2.53. The second-order valence-corrected chi connectivity index (χ2v) is 7.77. The number of amides is 1. The molecule has 0 radical (unpaired) electrons. The molecule has 5 rings (SSSR count). The van der Waals surface area contributed by atoms with Crippen LogP contribution in [0, 0.1) is 6.92 Å². The van der Waals surface area contributed by atoms with Crippen molar-refractivity contribution in [2.24, 2.45) is 0 Å². The molecule has 0 atom stereocenters. The van der Waals surface area contributed by atoms with Crippen molar-refractivity contribution < 1.29 is 14.3 Å². The lowest BCUT2D eigenvalue weighted by Gasteiger charge is -2.39. The lowest BCUT2D eigenvalue weighted by molar-refractivity contribution is -0.0742. The topological polar surface area (TPSA) is 54.6 Å². The van der Waals surface area contributed by atoms with Crippen LogP contribution >= 0.6 is 0 Å². The summed E-state index contributed by atoms with van der Waals surface area (Å²) in [5.41, 5.74) is 4.96. The van der Waals surface area contributed by atoms with Gasteiger partial charge < -0.3 is 19.4 Å². The highest BCUT2D eigenvalue weighted by Crippen LogP contribution is 2.44. The largest absolute Gasteiger partial charge is 0.497 e. The van der Waals surface area contributed by atoms with Crippen LogP contribution in [-0.2, 0) is 16.9 Å². The quantitative estimate of drug-likeness (QED) is 0.731. The van der Waals surface area contributed by atoms with E-state index in [0.29, 0.717) is 25.4 Å². The molecule has 1 spiro atoms. The number of hydrogen-bond donors (Lipinski definition) is 1. The van der Waals surface area contributed by atoms with Crippen molar-refractivity contribution in [2.75, 3.05) is 20.2 Å². The Bertz CT molecular complexity index is 1060. The maximum Gasteiger partial charge on any atom is 0.270 e. The molecule has 3 heterocycles. The van der Waals surface area contributed by atoms with E-state index in [9.17, 15) is 4.79 Å². The van der Waals surface area contributed by atoms with Gasteiger partial charge >= 0.3 is 0 Å². The first-order valence-electron chi connectivity index (χ1n) is 9.79. The van der Waals surface area contributed by atoms with E-state index < -0.39 is 0 Å². The number of benzene rings is 2. The highest BCUT2D eigenvalue weighted by molar-refractivity contribution is 6.01. The summed E-state index contributed by atoms with van der Waals surface area (Å²) in [6, 6.07) is 14.3. The summed E-state index contributed by atoms with van der Waals surface area (Å²) in [5.74, 6) is 0.861. The van der Waals surface area contributed by atoms with Gasteiger partial charge in [0.1, 0.15) is 11.4 Å². The number of nitrogens with one attached hydrogen (secondary N) is 1. The molecule has 28 heavy (non-hydrogen) atoms. The van der Waals surface area contributed by atoms with Crippen molar-refractivity contribution in [3.63, 3.8) is 0 Å². The Morgan fingerprint density at radius 3 is 2.75 bits per heavy atom. The number of hydrogen-bond acceptors (Lipinski definition) is 3. The minimum atomic E-state index is -0.226. The lowest BCUT2D eigenvalue weighted by atomic mass is 9.83. The Morgan fingerprint density at radius 2 is 1.96 bits per heavy atom. The van der Waals surface area contributed by atoms with Gasteiger partial charge in [-0.2, -0.15) is 0 Å². The zero-order valence-electron chi connectivity index (χ0n) is 16.2. The van der Waals surface area contributed by atoms with Crippen LogP contribution in [0.5, 0.6) is 5.75 Å². The standard InChI is InChI=1S/C23H24N2O3/c1-15-18-13-17(27-2)7-8-20(18)24-21(15)22(26)25-11-9-23(10-12-25)19-6-4-3-5-16(19)14-28-23/h3-8,13,24H,9-12,14H2,1-2H3. The second kappa shape index (κ2) is 6.38. The van der Waals surface area contributed by atoms with E-state index in [-0.39, 0.29) is 11.5 Å². The minimum absolute atomic E-state index is 0.0637. The number of aromatic nitrogens is 1. The van der Waals surface area contributed by atoms with Crippen LogP contribution in [-0.4, -0.2) is 36.0 Å². The van der Waals surface area contributed by atoms with Crippen molar-refractivity contribution in [1.29, 1.82) is 0 Å². The van der Waals surface area contributed by atoms with Crippen LogP contribution < -0.4 is 4.74 Å². The molecule has 1 amide bonds. The minimum Gasteiger partial charge on any atom is -0.497 e. The maximum atomic E-state index is 13.2. The zero-order valence-corrected chi connectivity index (χ0v) is 16.2. The second-order valence-electron chi connectivity index (χ2n) is 7.77. The number of nitrogens with zero attached hydrogens (tertiary/aromatic N) is 1. The molecule has 0 unspecified atom stereocenters. The van der Waals surface area contributed by atoms with E-state index in [4.69, 9.17) is 9.47 Å². The van der Waals surface area contributed by atoms with Crippen molar-refractivity contribution >= 4 is 16.8 Å². The van der Waals surface area contributed by atoms with Gasteiger partial charge in [-0.3, -0.25) is 4.79 Å². The Hall–Kier alpha value is -2.79. The summed E-state index contributed by atoms with van der Waals surface area (Å²) in [4.78, 5) is 18.5. The van der Waals surface area contributed by atoms with Crippen LogP contribution in [0.25, 0.3) is 10.9 Å². The number of aromatic amines is 1. The molecule has 2 aliphatic rings. The molecule has 5 nitrogen and oxygen atoms in total.